The van der Waals surface area contributed by atoms with Crippen LogP contribution in [-0.4, -0.2) is 42.8 Å². The molecular formula is C12H22N2O. The molecule has 0 amide bonds. The van der Waals surface area contributed by atoms with Gasteiger partial charge in [0.1, 0.15) is 0 Å². The van der Waals surface area contributed by atoms with E-state index in [1.54, 1.807) is 0 Å². The van der Waals surface area contributed by atoms with Crippen molar-refractivity contribution < 1.29 is 4.74 Å². The Labute approximate surface area is 91.9 Å². The molecule has 0 aromatic carbocycles. The number of hydrogen-bond acceptors (Lipinski definition) is 3. The van der Waals surface area contributed by atoms with E-state index in [-0.39, 0.29) is 0 Å². The fourth-order valence-corrected chi connectivity index (χ4v) is 3.47. The summed E-state index contributed by atoms with van der Waals surface area (Å²) in [5, 5.41) is 0. The van der Waals surface area contributed by atoms with Crippen LogP contribution in [0.1, 0.15) is 32.1 Å². The zero-order chi connectivity index (χ0) is 10.3. The molecule has 0 radical (unpaired) electrons. The maximum absolute atomic E-state index is 6.12. The molecule has 86 valence electrons. The SMILES string of the molecule is NC1CCCC1CN1CC2CCC(C1)O2. The van der Waals surface area contributed by atoms with Gasteiger partial charge in [0.25, 0.3) is 0 Å². The van der Waals surface area contributed by atoms with Crippen molar-refractivity contribution in [2.45, 2.75) is 50.4 Å². The zero-order valence-electron chi connectivity index (χ0n) is 9.40. The van der Waals surface area contributed by atoms with E-state index in [9.17, 15) is 0 Å². The number of rotatable bonds is 2. The summed E-state index contributed by atoms with van der Waals surface area (Å²) in [5.41, 5.74) is 6.12. The van der Waals surface area contributed by atoms with E-state index in [1.807, 2.05) is 0 Å². The smallest absolute Gasteiger partial charge is 0.0707 e. The highest BCUT2D eigenvalue weighted by atomic mass is 16.5. The Morgan fingerprint density at radius 1 is 1.07 bits per heavy atom. The van der Waals surface area contributed by atoms with Crippen LogP contribution in [0, 0.1) is 5.92 Å². The molecule has 1 saturated carbocycles. The zero-order valence-corrected chi connectivity index (χ0v) is 9.40. The van der Waals surface area contributed by atoms with Gasteiger partial charge in [0.2, 0.25) is 0 Å². The summed E-state index contributed by atoms with van der Waals surface area (Å²) < 4.78 is 5.85. The Morgan fingerprint density at radius 3 is 2.40 bits per heavy atom. The van der Waals surface area contributed by atoms with E-state index in [2.05, 4.69) is 4.90 Å². The number of hydrogen-bond donors (Lipinski definition) is 1. The lowest BCUT2D eigenvalue weighted by atomic mass is 10.0. The van der Waals surface area contributed by atoms with Crippen LogP contribution in [0.3, 0.4) is 0 Å². The van der Waals surface area contributed by atoms with Crippen molar-refractivity contribution in [1.82, 2.24) is 4.90 Å². The van der Waals surface area contributed by atoms with Gasteiger partial charge in [-0.1, -0.05) is 6.42 Å². The molecular weight excluding hydrogens is 188 g/mol. The molecule has 0 aromatic heterocycles. The third-order valence-electron chi connectivity index (χ3n) is 4.33. The molecule has 3 nitrogen and oxygen atoms in total. The van der Waals surface area contributed by atoms with Gasteiger partial charge >= 0.3 is 0 Å². The highest BCUT2D eigenvalue weighted by Crippen LogP contribution is 2.29. The summed E-state index contributed by atoms with van der Waals surface area (Å²) in [7, 11) is 0. The van der Waals surface area contributed by atoms with Crippen molar-refractivity contribution in [3.05, 3.63) is 0 Å². The molecule has 4 atom stereocenters. The number of morpholine rings is 1. The highest BCUT2D eigenvalue weighted by Gasteiger charge is 2.35. The number of nitrogens with two attached hydrogens (primary N) is 1. The fraction of sp³-hybridized carbons (Fsp3) is 1.00. The molecule has 2 heterocycles. The summed E-state index contributed by atoms with van der Waals surface area (Å²) in [6, 6.07) is 0.463. The van der Waals surface area contributed by atoms with Crippen LogP contribution in [0.25, 0.3) is 0 Å². The van der Waals surface area contributed by atoms with E-state index in [1.165, 1.54) is 38.6 Å². The Morgan fingerprint density at radius 2 is 1.80 bits per heavy atom. The first kappa shape index (κ1) is 10.1. The lowest BCUT2D eigenvalue weighted by Gasteiger charge is -2.34. The van der Waals surface area contributed by atoms with E-state index >= 15 is 0 Å². The molecule has 3 heteroatoms. The van der Waals surface area contributed by atoms with Gasteiger partial charge in [-0.3, -0.25) is 4.90 Å². The third kappa shape index (κ3) is 2.05. The molecule has 1 aliphatic carbocycles. The fourth-order valence-electron chi connectivity index (χ4n) is 3.47. The number of likely N-dealkylation sites (tertiary alicyclic amines) is 1. The molecule has 2 aliphatic heterocycles. The van der Waals surface area contributed by atoms with Crippen LogP contribution in [-0.2, 0) is 4.74 Å². The predicted octanol–water partition coefficient (Wildman–Crippen LogP) is 0.977. The topological polar surface area (TPSA) is 38.5 Å². The van der Waals surface area contributed by atoms with Gasteiger partial charge < -0.3 is 10.5 Å². The number of nitrogens with zero attached hydrogens (tertiary/aromatic N) is 1. The second-order valence-corrected chi connectivity index (χ2v) is 5.53. The van der Waals surface area contributed by atoms with Gasteiger partial charge in [-0.05, 0) is 31.6 Å². The normalized spacial score (nSPS) is 46.2. The summed E-state index contributed by atoms with van der Waals surface area (Å²) in [6.45, 7) is 3.52. The predicted molar refractivity (Wildman–Crippen MR) is 59.7 cm³/mol. The molecule has 2 bridgehead atoms. The minimum absolute atomic E-state index is 0.463. The largest absolute Gasteiger partial charge is 0.372 e. The van der Waals surface area contributed by atoms with Crippen LogP contribution in [0.2, 0.25) is 0 Å². The van der Waals surface area contributed by atoms with Gasteiger partial charge in [-0.25, -0.2) is 0 Å². The average Bonchev–Trinajstić information content (AvgIpc) is 2.75. The second kappa shape index (κ2) is 4.04. The van der Waals surface area contributed by atoms with E-state index < -0.39 is 0 Å². The molecule has 3 aliphatic rings. The molecule has 3 fully saturated rings. The number of fused-ring (bicyclic) bond motifs is 2. The van der Waals surface area contributed by atoms with Crippen LogP contribution in [0.4, 0.5) is 0 Å². The summed E-state index contributed by atoms with van der Waals surface area (Å²) in [4.78, 5) is 2.60. The van der Waals surface area contributed by atoms with Crippen molar-refractivity contribution in [2.24, 2.45) is 11.7 Å². The van der Waals surface area contributed by atoms with Crippen LogP contribution >= 0.6 is 0 Å². The van der Waals surface area contributed by atoms with Crippen molar-refractivity contribution in [3.63, 3.8) is 0 Å². The maximum atomic E-state index is 6.12. The standard InChI is InChI=1S/C12H22N2O/c13-12-3-1-2-9(12)6-14-7-10-4-5-11(8-14)15-10/h9-12H,1-8,13H2. The van der Waals surface area contributed by atoms with Crippen molar-refractivity contribution >= 4 is 0 Å². The van der Waals surface area contributed by atoms with E-state index in [4.69, 9.17) is 10.5 Å². The molecule has 0 aromatic rings. The third-order valence-corrected chi connectivity index (χ3v) is 4.33. The molecule has 4 unspecified atom stereocenters. The Balaban J connectivity index is 1.55. The van der Waals surface area contributed by atoms with Crippen molar-refractivity contribution in [3.8, 4) is 0 Å². The molecule has 0 spiro atoms. The molecule has 2 saturated heterocycles. The lowest BCUT2D eigenvalue weighted by molar-refractivity contribution is -0.0427. The maximum Gasteiger partial charge on any atom is 0.0707 e. The van der Waals surface area contributed by atoms with E-state index in [0.29, 0.717) is 18.2 Å². The van der Waals surface area contributed by atoms with E-state index in [0.717, 1.165) is 19.0 Å². The first-order valence-corrected chi connectivity index (χ1v) is 6.44. The minimum atomic E-state index is 0.463. The Bertz CT molecular complexity index is 222. The lowest BCUT2D eigenvalue weighted by Crippen LogP contribution is -2.46. The molecule has 15 heavy (non-hydrogen) atoms. The van der Waals surface area contributed by atoms with Crippen molar-refractivity contribution in [1.29, 1.82) is 0 Å². The Kier molecular flexibility index (Phi) is 2.71. The average molecular weight is 210 g/mol. The van der Waals surface area contributed by atoms with Crippen LogP contribution in [0.15, 0.2) is 0 Å². The molecule has 3 rings (SSSR count). The van der Waals surface area contributed by atoms with Crippen LogP contribution in [0.5, 0.6) is 0 Å². The first-order valence-electron chi connectivity index (χ1n) is 6.44. The summed E-state index contributed by atoms with van der Waals surface area (Å²) in [5.74, 6) is 0.752. The Hall–Kier alpha value is -0.120. The van der Waals surface area contributed by atoms with Gasteiger partial charge in [0, 0.05) is 25.7 Å². The quantitative estimate of drug-likeness (QED) is 0.738. The highest BCUT2D eigenvalue weighted by molar-refractivity contribution is 4.88. The second-order valence-electron chi connectivity index (χ2n) is 5.53. The van der Waals surface area contributed by atoms with Gasteiger partial charge in [0.15, 0.2) is 0 Å². The first-order chi connectivity index (χ1) is 7.31. The van der Waals surface area contributed by atoms with Gasteiger partial charge in [-0.15, -0.1) is 0 Å². The van der Waals surface area contributed by atoms with Gasteiger partial charge in [-0.2, -0.15) is 0 Å². The summed E-state index contributed by atoms with van der Waals surface area (Å²) in [6.07, 6.45) is 7.52. The summed E-state index contributed by atoms with van der Waals surface area (Å²) >= 11 is 0. The van der Waals surface area contributed by atoms with Gasteiger partial charge in [0.05, 0.1) is 12.2 Å². The van der Waals surface area contributed by atoms with Crippen LogP contribution < -0.4 is 5.73 Å². The number of ether oxygens (including phenoxy) is 1. The van der Waals surface area contributed by atoms with Crippen molar-refractivity contribution in [2.75, 3.05) is 19.6 Å². The minimum Gasteiger partial charge on any atom is -0.372 e. The monoisotopic (exact) mass is 210 g/mol. The molecule has 2 N–H and O–H groups in total.